The van der Waals surface area contributed by atoms with E-state index in [4.69, 9.17) is 9.47 Å². The van der Waals surface area contributed by atoms with Gasteiger partial charge < -0.3 is 14.4 Å². The fourth-order valence-electron chi connectivity index (χ4n) is 2.88. The summed E-state index contributed by atoms with van der Waals surface area (Å²) in [5.74, 6) is -1.19. The summed E-state index contributed by atoms with van der Waals surface area (Å²) in [5, 5.41) is 4.37. The number of carbonyl (C=O) groups excluding carboxylic acids is 3. The first-order valence-electron chi connectivity index (χ1n) is 8.95. The molecule has 0 N–H and O–H groups in total. The van der Waals surface area contributed by atoms with Crippen LogP contribution in [-0.2, 0) is 37.4 Å². The Labute approximate surface area is 153 Å². The zero-order valence-corrected chi connectivity index (χ0v) is 15.9. The quantitative estimate of drug-likeness (QED) is 0.483. The topological polar surface area (TPSA) is 90.7 Å². The summed E-state index contributed by atoms with van der Waals surface area (Å²) in [5.41, 5.74) is 1.73. The van der Waals surface area contributed by atoms with Crippen molar-refractivity contribution in [3.8, 4) is 0 Å². The van der Waals surface area contributed by atoms with E-state index >= 15 is 0 Å². The summed E-state index contributed by atoms with van der Waals surface area (Å²) in [6.45, 7) is 6.68. The maximum atomic E-state index is 12.6. The molecule has 0 bridgehead atoms. The fraction of sp³-hybridized carbons (Fsp3) is 0.667. The van der Waals surface area contributed by atoms with Crippen LogP contribution in [0.5, 0.6) is 0 Å². The van der Waals surface area contributed by atoms with Crippen LogP contribution in [0, 0.1) is 18.8 Å². The molecule has 1 saturated carbocycles. The highest BCUT2D eigenvalue weighted by molar-refractivity contribution is 5.94. The van der Waals surface area contributed by atoms with Gasteiger partial charge in [-0.1, -0.05) is 0 Å². The number of rotatable bonds is 9. The van der Waals surface area contributed by atoms with E-state index in [0.29, 0.717) is 26.1 Å². The molecule has 0 spiro atoms. The van der Waals surface area contributed by atoms with E-state index in [9.17, 15) is 14.4 Å². The van der Waals surface area contributed by atoms with Crippen molar-refractivity contribution < 1.29 is 23.9 Å². The van der Waals surface area contributed by atoms with E-state index in [1.54, 1.807) is 23.4 Å². The predicted octanol–water partition coefficient (Wildman–Crippen LogP) is 1.21. The van der Waals surface area contributed by atoms with Crippen LogP contribution in [0.2, 0.25) is 0 Å². The van der Waals surface area contributed by atoms with E-state index in [1.165, 1.54) is 0 Å². The number of ether oxygens (including phenoxy) is 2. The van der Waals surface area contributed by atoms with Gasteiger partial charge in [0, 0.05) is 19.3 Å². The van der Waals surface area contributed by atoms with Gasteiger partial charge >= 0.3 is 11.9 Å². The minimum absolute atomic E-state index is 0.0602. The van der Waals surface area contributed by atoms with Crippen LogP contribution >= 0.6 is 0 Å². The summed E-state index contributed by atoms with van der Waals surface area (Å²) >= 11 is 0. The number of hydrogen-bond acceptors (Lipinski definition) is 6. The van der Waals surface area contributed by atoms with Crippen LogP contribution in [0.25, 0.3) is 0 Å². The van der Waals surface area contributed by atoms with Gasteiger partial charge in [-0.25, -0.2) is 0 Å². The molecule has 26 heavy (non-hydrogen) atoms. The van der Waals surface area contributed by atoms with Crippen molar-refractivity contribution in [3.05, 3.63) is 17.5 Å². The number of nitrogens with zero attached hydrogens (tertiary/aromatic N) is 3. The number of carbonyl (C=O) groups is 3. The van der Waals surface area contributed by atoms with Gasteiger partial charge in [-0.3, -0.25) is 19.1 Å². The van der Waals surface area contributed by atoms with Gasteiger partial charge in [-0.05, 0) is 39.2 Å². The normalized spacial score (nSPS) is 18.3. The molecule has 2 rings (SSSR count). The second kappa shape index (κ2) is 8.82. The molecule has 1 heterocycles. The van der Waals surface area contributed by atoms with Crippen LogP contribution < -0.4 is 0 Å². The van der Waals surface area contributed by atoms with Gasteiger partial charge in [0.2, 0.25) is 5.91 Å². The largest absolute Gasteiger partial charge is 0.466 e. The van der Waals surface area contributed by atoms with E-state index in [2.05, 4.69) is 5.10 Å². The van der Waals surface area contributed by atoms with Crippen molar-refractivity contribution in [2.75, 3.05) is 19.8 Å². The molecule has 1 aliphatic carbocycles. The molecule has 144 valence electrons. The van der Waals surface area contributed by atoms with Crippen molar-refractivity contribution in [1.82, 2.24) is 14.7 Å². The van der Waals surface area contributed by atoms with E-state index in [0.717, 1.165) is 11.4 Å². The number of amides is 1. The minimum Gasteiger partial charge on any atom is -0.466 e. The second-order valence-corrected chi connectivity index (χ2v) is 6.51. The van der Waals surface area contributed by atoms with E-state index in [1.807, 2.05) is 20.0 Å². The predicted molar refractivity (Wildman–Crippen MR) is 92.8 cm³/mol. The number of esters is 2. The first-order valence-corrected chi connectivity index (χ1v) is 8.95. The Hall–Kier alpha value is -2.38. The molecule has 1 aromatic rings. The van der Waals surface area contributed by atoms with Gasteiger partial charge in [0.1, 0.15) is 6.42 Å². The lowest BCUT2D eigenvalue weighted by Crippen LogP contribution is -2.35. The molecule has 0 aliphatic heterocycles. The van der Waals surface area contributed by atoms with Crippen molar-refractivity contribution in [2.45, 2.75) is 40.2 Å². The summed E-state index contributed by atoms with van der Waals surface area (Å²) < 4.78 is 11.6. The summed E-state index contributed by atoms with van der Waals surface area (Å²) in [7, 11) is 1.83. The van der Waals surface area contributed by atoms with Crippen molar-refractivity contribution >= 4 is 17.8 Å². The number of hydrogen-bond donors (Lipinski definition) is 0. The summed E-state index contributed by atoms with van der Waals surface area (Å²) in [4.78, 5) is 37.6. The molecule has 2 atom stereocenters. The standard InChI is InChI=1S/C18H27N3O5/c1-5-25-17(23)9-16(22)21(11-14-7-12(3)20(4)19-14)10-13-8-15(13)18(24)26-6-2/h7,13,15H,5-6,8-11H2,1-4H3/t13-,15+/m0/s1. The van der Waals surface area contributed by atoms with Crippen LogP contribution in [-0.4, -0.2) is 52.3 Å². The van der Waals surface area contributed by atoms with Gasteiger partial charge in [0.15, 0.2) is 0 Å². The first-order chi connectivity index (χ1) is 12.3. The monoisotopic (exact) mass is 365 g/mol. The van der Waals surface area contributed by atoms with Gasteiger partial charge in [0.05, 0.1) is 31.4 Å². The van der Waals surface area contributed by atoms with Gasteiger partial charge in [-0.15, -0.1) is 0 Å². The van der Waals surface area contributed by atoms with Crippen LogP contribution in [0.15, 0.2) is 6.07 Å². The molecular weight excluding hydrogens is 338 g/mol. The summed E-state index contributed by atoms with van der Waals surface area (Å²) in [6, 6.07) is 1.90. The maximum absolute atomic E-state index is 12.6. The molecule has 0 aromatic carbocycles. The average Bonchev–Trinajstić information content (AvgIpc) is 3.26. The molecule has 8 heteroatoms. The Morgan fingerprint density at radius 2 is 1.96 bits per heavy atom. The Kier molecular flexibility index (Phi) is 6.76. The Bertz CT molecular complexity index is 650. The third-order valence-corrected chi connectivity index (χ3v) is 4.44. The number of aryl methyl sites for hydroxylation is 2. The smallest absolute Gasteiger partial charge is 0.315 e. The molecule has 0 radical (unpaired) electrons. The molecule has 0 unspecified atom stereocenters. The van der Waals surface area contributed by atoms with Crippen LogP contribution in [0.1, 0.15) is 38.1 Å². The maximum Gasteiger partial charge on any atom is 0.315 e. The highest BCUT2D eigenvalue weighted by Gasteiger charge is 2.45. The molecule has 8 nitrogen and oxygen atoms in total. The molecule has 1 aliphatic rings. The SMILES string of the molecule is CCOC(=O)CC(=O)N(Cc1cc(C)n(C)n1)C[C@@H]1C[C@H]1C(=O)OCC. The lowest BCUT2D eigenvalue weighted by Gasteiger charge is -2.21. The first kappa shape index (κ1) is 19.9. The zero-order chi connectivity index (χ0) is 19.3. The zero-order valence-electron chi connectivity index (χ0n) is 15.9. The van der Waals surface area contributed by atoms with E-state index in [-0.39, 0.29) is 36.7 Å². The molecule has 0 saturated heterocycles. The van der Waals surface area contributed by atoms with Gasteiger partial charge in [0.25, 0.3) is 0 Å². The highest BCUT2D eigenvalue weighted by atomic mass is 16.5. The summed E-state index contributed by atoms with van der Waals surface area (Å²) in [6.07, 6.45) is 0.389. The van der Waals surface area contributed by atoms with Crippen LogP contribution in [0.4, 0.5) is 0 Å². The highest BCUT2D eigenvalue weighted by Crippen LogP contribution is 2.40. The fourth-order valence-corrected chi connectivity index (χ4v) is 2.88. The van der Waals surface area contributed by atoms with Crippen molar-refractivity contribution in [1.29, 1.82) is 0 Å². The Morgan fingerprint density at radius 1 is 1.27 bits per heavy atom. The molecule has 1 amide bonds. The molecule has 1 fully saturated rings. The minimum atomic E-state index is -0.544. The number of aromatic nitrogens is 2. The van der Waals surface area contributed by atoms with Crippen LogP contribution in [0.3, 0.4) is 0 Å². The molecular formula is C18H27N3O5. The van der Waals surface area contributed by atoms with Crippen molar-refractivity contribution in [2.24, 2.45) is 18.9 Å². The van der Waals surface area contributed by atoms with E-state index < -0.39 is 5.97 Å². The Balaban J connectivity index is 2.02. The third kappa shape index (κ3) is 5.31. The third-order valence-electron chi connectivity index (χ3n) is 4.44. The Morgan fingerprint density at radius 3 is 2.54 bits per heavy atom. The molecule has 1 aromatic heterocycles. The van der Waals surface area contributed by atoms with Gasteiger partial charge in [-0.2, -0.15) is 5.10 Å². The second-order valence-electron chi connectivity index (χ2n) is 6.51. The lowest BCUT2D eigenvalue weighted by molar-refractivity contribution is -0.150. The van der Waals surface area contributed by atoms with Crippen molar-refractivity contribution in [3.63, 3.8) is 0 Å². The average molecular weight is 365 g/mol. The lowest BCUT2D eigenvalue weighted by atomic mass is 10.2.